The van der Waals surface area contributed by atoms with Crippen LogP contribution in [0.5, 0.6) is 5.75 Å². The summed E-state index contributed by atoms with van der Waals surface area (Å²) in [6.45, 7) is 1.75. The van der Waals surface area contributed by atoms with Crippen molar-refractivity contribution in [3.8, 4) is 17.9 Å². The van der Waals surface area contributed by atoms with Gasteiger partial charge in [0.25, 0.3) is 0 Å². The molecule has 0 saturated carbocycles. The number of carbonyl (C=O) groups is 1. The molecule has 0 spiro atoms. The standard InChI is InChI=1S/C16H16N4O3/c1-3-23-16(21)12(10-18)8-11(9-17)15(19)20-13-4-6-14(22-2)7-5-13/h4-8,20H,3,19H2,1-2H3/b12-8-,15-11-. The highest BCUT2D eigenvalue weighted by Gasteiger charge is 2.12. The number of benzene rings is 1. The maximum atomic E-state index is 11.6. The summed E-state index contributed by atoms with van der Waals surface area (Å²) in [4.78, 5) is 11.6. The van der Waals surface area contributed by atoms with Crippen molar-refractivity contribution in [2.75, 3.05) is 19.0 Å². The molecule has 0 atom stereocenters. The van der Waals surface area contributed by atoms with Gasteiger partial charge in [-0.2, -0.15) is 10.5 Å². The van der Waals surface area contributed by atoms with Gasteiger partial charge in [-0.05, 0) is 37.3 Å². The van der Waals surface area contributed by atoms with E-state index in [2.05, 4.69) is 5.32 Å². The fraction of sp³-hybridized carbons (Fsp3) is 0.188. The SMILES string of the molecule is CCOC(=O)/C(C#N)=C\C(C#N)=C(/N)Nc1ccc(OC)cc1. The number of allylic oxidation sites excluding steroid dienone is 2. The molecule has 118 valence electrons. The number of carbonyl (C=O) groups excluding carboxylic acids is 1. The molecule has 3 N–H and O–H groups in total. The van der Waals surface area contributed by atoms with Gasteiger partial charge in [-0.3, -0.25) is 0 Å². The molecule has 0 radical (unpaired) electrons. The van der Waals surface area contributed by atoms with E-state index in [1.165, 1.54) is 0 Å². The fourth-order valence-corrected chi connectivity index (χ4v) is 1.56. The van der Waals surface area contributed by atoms with Gasteiger partial charge in [-0.15, -0.1) is 0 Å². The average Bonchev–Trinajstić information content (AvgIpc) is 2.56. The minimum atomic E-state index is -0.806. The maximum absolute atomic E-state index is 11.6. The van der Waals surface area contributed by atoms with Crippen molar-refractivity contribution in [1.29, 1.82) is 10.5 Å². The topological polar surface area (TPSA) is 121 Å². The third-order valence-corrected chi connectivity index (χ3v) is 2.68. The molecule has 0 aliphatic carbocycles. The van der Waals surface area contributed by atoms with Crippen LogP contribution in [-0.2, 0) is 9.53 Å². The van der Waals surface area contributed by atoms with Crippen molar-refractivity contribution in [2.45, 2.75) is 6.92 Å². The second kappa shape index (κ2) is 8.75. The lowest BCUT2D eigenvalue weighted by Gasteiger charge is -2.08. The van der Waals surface area contributed by atoms with Gasteiger partial charge in [0.05, 0.1) is 19.3 Å². The number of nitrogens with zero attached hydrogens (tertiary/aromatic N) is 2. The summed E-state index contributed by atoms with van der Waals surface area (Å²) in [7, 11) is 1.55. The van der Waals surface area contributed by atoms with Crippen molar-refractivity contribution < 1.29 is 14.3 Å². The highest BCUT2D eigenvalue weighted by molar-refractivity contribution is 5.93. The highest BCUT2D eigenvalue weighted by atomic mass is 16.5. The van der Waals surface area contributed by atoms with E-state index in [1.807, 2.05) is 6.07 Å². The zero-order valence-corrected chi connectivity index (χ0v) is 12.8. The number of anilines is 1. The zero-order chi connectivity index (χ0) is 17.2. The summed E-state index contributed by atoms with van der Waals surface area (Å²) in [5.41, 5.74) is 6.09. The molecular weight excluding hydrogens is 296 g/mol. The van der Waals surface area contributed by atoms with E-state index < -0.39 is 5.97 Å². The van der Waals surface area contributed by atoms with Crippen LogP contribution in [0.4, 0.5) is 5.69 Å². The van der Waals surface area contributed by atoms with Crippen LogP contribution in [0.25, 0.3) is 0 Å². The maximum Gasteiger partial charge on any atom is 0.348 e. The lowest BCUT2D eigenvalue weighted by Crippen LogP contribution is -2.13. The molecule has 0 aromatic heterocycles. The summed E-state index contributed by atoms with van der Waals surface area (Å²) in [5.74, 6) is -0.123. The molecule has 0 aliphatic heterocycles. The zero-order valence-electron chi connectivity index (χ0n) is 12.8. The van der Waals surface area contributed by atoms with Gasteiger partial charge in [-0.25, -0.2) is 4.79 Å². The second-order valence-electron chi connectivity index (χ2n) is 4.18. The van der Waals surface area contributed by atoms with Crippen molar-refractivity contribution in [3.63, 3.8) is 0 Å². The van der Waals surface area contributed by atoms with Crippen LogP contribution in [0.3, 0.4) is 0 Å². The molecule has 0 amide bonds. The average molecular weight is 312 g/mol. The van der Waals surface area contributed by atoms with Gasteiger partial charge in [0.15, 0.2) is 0 Å². The summed E-state index contributed by atoms with van der Waals surface area (Å²) in [6, 6.07) is 10.4. The monoisotopic (exact) mass is 312 g/mol. The molecule has 1 aromatic rings. The van der Waals surface area contributed by atoms with Crippen molar-refractivity contribution in [3.05, 3.63) is 47.3 Å². The van der Waals surface area contributed by atoms with Gasteiger partial charge in [-0.1, -0.05) is 0 Å². The number of esters is 1. The molecule has 0 unspecified atom stereocenters. The predicted octanol–water partition coefficient (Wildman–Crippen LogP) is 1.81. The second-order valence-corrected chi connectivity index (χ2v) is 4.18. The van der Waals surface area contributed by atoms with Gasteiger partial charge in [0.2, 0.25) is 0 Å². The van der Waals surface area contributed by atoms with E-state index in [4.69, 9.17) is 25.7 Å². The lowest BCUT2D eigenvalue weighted by molar-refractivity contribution is -0.138. The largest absolute Gasteiger partial charge is 0.497 e. The van der Waals surface area contributed by atoms with Gasteiger partial charge >= 0.3 is 5.97 Å². The van der Waals surface area contributed by atoms with Crippen LogP contribution in [0.1, 0.15) is 6.92 Å². The Morgan fingerprint density at radius 1 is 1.30 bits per heavy atom. The van der Waals surface area contributed by atoms with Gasteiger partial charge in [0.1, 0.15) is 29.3 Å². The predicted molar refractivity (Wildman–Crippen MR) is 83.8 cm³/mol. The number of hydrogen-bond donors (Lipinski definition) is 2. The number of ether oxygens (including phenoxy) is 2. The molecule has 0 aliphatic rings. The van der Waals surface area contributed by atoms with Gasteiger partial charge in [0, 0.05) is 5.69 Å². The van der Waals surface area contributed by atoms with E-state index in [9.17, 15) is 4.79 Å². The number of rotatable bonds is 6. The molecule has 23 heavy (non-hydrogen) atoms. The van der Waals surface area contributed by atoms with Crippen molar-refractivity contribution in [1.82, 2.24) is 0 Å². The molecule has 0 saturated heterocycles. The van der Waals surface area contributed by atoms with Crippen LogP contribution < -0.4 is 15.8 Å². The smallest absolute Gasteiger partial charge is 0.348 e. The number of hydrogen-bond acceptors (Lipinski definition) is 7. The van der Waals surface area contributed by atoms with E-state index in [0.29, 0.717) is 11.4 Å². The molecule has 0 fully saturated rings. The lowest BCUT2D eigenvalue weighted by atomic mass is 10.1. The van der Waals surface area contributed by atoms with E-state index >= 15 is 0 Å². The minimum Gasteiger partial charge on any atom is -0.497 e. The van der Waals surface area contributed by atoms with Crippen molar-refractivity contribution in [2.24, 2.45) is 5.73 Å². The van der Waals surface area contributed by atoms with Crippen molar-refractivity contribution >= 4 is 11.7 Å². The Morgan fingerprint density at radius 3 is 2.43 bits per heavy atom. The first-order chi connectivity index (χ1) is 11.0. The fourth-order valence-electron chi connectivity index (χ4n) is 1.56. The van der Waals surface area contributed by atoms with Gasteiger partial charge < -0.3 is 20.5 Å². The molecule has 1 rings (SSSR count). The Morgan fingerprint density at radius 2 is 1.96 bits per heavy atom. The molecule has 0 bridgehead atoms. The van der Waals surface area contributed by atoms with Crippen LogP contribution in [0, 0.1) is 22.7 Å². The van der Waals surface area contributed by atoms with E-state index in [-0.39, 0.29) is 23.6 Å². The molecular formula is C16H16N4O3. The third kappa shape index (κ3) is 5.10. The quantitative estimate of drug-likeness (QED) is 0.355. The Balaban J connectivity index is 3.04. The van der Waals surface area contributed by atoms with E-state index in [0.717, 1.165) is 6.08 Å². The first-order valence-electron chi connectivity index (χ1n) is 6.65. The first kappa shape index (κ1) is 17.6. The Hall–Kier alpha value is -3.45. The van der Waals surface area contributed by atoms with Crippen LogP contribution in [0.15, 0.2) is 47.3 Å². The summed E-state index contributed by atoms with van der Waals surface area (Å²) in [6.07, 6.45) is 1.09. The number of nitrogens with one attached hydrogen (secondary N) is 1. The third-order valence-electron chi connectivity index (χ3n) is 2.68. The number of nitrogens with two attached hydrogens (primary N) is 1. The Kier molecular flexibility index (Phi) is 6.70. The summed E-state index contributed by atoms with van der Waals surface area (Å²) < 4.78 is 9.77. The van der Waals surface area contributed by atoms with Crippen LogP contribution in [-0.4, -0.2) is 19.7 Å². The molecule has 0 heterocycles. The highest BCUT2D eigenvalue weighted by Crippen LogP contribution is 2.17. The normalized spacial score (nSPS) is 11.6. The summed E-state index contributed by atoms with van der Waals surface area (Å²) >= 11 is 0. The Labute approximate surface area is 134 Å². The Bertz CT molecular complexity index is 706. The van der Waals surface area contributed by atoms with Crippen LogP contribution in [0.2, 0.25) is 0 Å². The first-order valence-corrected chi connectivity index (χ1v) is 6.65. The van der Waals surface area contributed by atoms with Crippen LogP contribution >= 0.6 is 0 Å². The minimum absolute atomic E-state index is 0.00900. The molecule has 7 heteroatoms. The molecule has 7 nitrogen and oxygen atoms in total. The van der Waals surface area contributed by atoms with E-state index in [1.54, 1.807) is 44.4 Å². The number of methoxy groups -OCH3 is 1. The number of nitriles is 2. The molecule has 1 aromatic carbocycles. The summed E-state index contributed by atoms with van der Waals surface area (Å²) in [5, 5.41) is 20.9.